The molecule has 0 bridgehead atoms. The summed E-state index contributed by atoms with van der Waals surface area (Å²) in [5.74, 6) is 6.39. The number of thioether (sulfide) groups is 1. The molecule has 0 atom stereocenters. The van der Waals surface area contributed by atoms with Crippen molar-refractivity contribution in [2.75, 3.05) is 5.75 Å². The molecule has 1 nitrogen and oxygen atoms in total. The third kappa shape index (κ3) is 4.36. The molecule has 1 rings (SSSR count). The van der Waals surface area contributed by atoms with Crippen molar-refractivity contribution in [1.29, 1.82) is 0 Å². The van der Waals surface area contributed by atoms with Gasteiger partial charge in [-0.05, 0) is 24.3 Å². The van der Waals surface area contributed by atoms with Gasteiger partial charge in [0.2, 0.25) is 0 Å². The van der Waals surface area contributed by atoms with Crippen molar-refractivity contribution in [2.45, 2.75) is 6.92 Å². The molecule has 0 spiro atoms. The molecule has 72 valence electrons. The average molecular weight is 225 g/mol. The number of rotatable bonds is 1. The summed E-state index contributed by atoms with van der Waals surface area (Å²) in [7, 11) is 0. The van der Waals surface area contributed by atoms with Crippen LogP contribution in [0.25, 0.3) is 0 Å². The molecular weight excluding hydrogens is 216 g/mol. The lowest BCUT2D eigenvalue weighted by Crippen LogP contribution is -1.82. The van der Waals surface area contributed by atoms with Crippen LogP contribution in [0.15, 0.2) is 24.3 Å². The van der Waals surface area contributed by atoms with E-state index in [1.807, 2.05) is 12.1 Å². The molecule has 0 N–H and O–H groups in total. The predicted molar refractivity (Wildman–Crippen MR) is 61.5 cm³/mol. The summed E-state index contributed by atoms with van der Waals surface area (Å²) in [6, 6.07) is 7.30. The summed E-state index contributed by atoms with van der Waals surface area (Å²) < 4.78 is 0. The van der Waals surface area contributed by atoms with Crippen LogP contribution in [-0.2, 0) is 4.79 Å². The minimum atomic E-state index is 0.0930. The second-order valence-electron chi connectivity index (χ2n) is 2.59. The zero-order valence-electron chi connectivity index (χ0n) is 7.71. The van der Waals surface area contributed by atoms with Crippen LogP contribution in [0.1, 0.15) is 12.5 Å². The first kappa shape index (κ1) is 11.2. The van der Waals surface area contributed by atoms with E-state index in [9.17, 15) is 4.79 Å². The van der Waals surface area contributed by atoms with Crippen LogP contribution in [0.4, 0.5) is 0 Å². The molecule has 0 heterocycles. The van der Waals surface area contributed by atoms with E-state index in [1.54, 1.807) is 12.1 Å². The monoisotopic (exact) mass is 224 g/mol. The summed E-state index contributed by atoms with van der Waals surface area (Å²) >= 11 is 6.93. The van der Waals surface area contributed by atoms with Crippen LogP contribution in [0.3, 0.4) is 0 Å². The Balaban J connectivity index is 2.51. The summed E-state index contributed by atoms with van der Waals surface area (Å²) in [5, 5.41) is 0.795. The van der Waals surface area contributed by atoms with Crippen LogP contribution in [0.5, 0.6) is 0 Å². The Morgan fingerprint density at radius 1 is 1.43 bits per heavy atom. The summed E-state index contributed by atoms with van der Waals surface area (Å²) in [6.45, 7) is 1.54. The first-order chi connectivity index (χ1) is 6.68. The Morgan fingerprint density at radius 3 is 2.64 bits per heavy atom. The number of carbonyl (C=O) groups is 1. The molecule has 1 aromatic carbocycles. The maximum Gasteiger partial charge on any atom is 0.186 e. The third-order valence-corrected chi connectivity index (χ3v) is 2.37. The SMILES string of the molecule is CC(=O)SCC#Cc1ccc(Cl)cc1. The summed E-state index contributed by atoms with van der Waals surface area (Å²) in [5.41, 5.74) is 0.915. The lowest BCUT2D eigenvalue weighted by molar-refractivity contribution is -0.109. The molecule has 0 saturated heterocycles. The van der Waals surface area contributed by atoms with Crippen LogP contribution < -0.4 is 0 Å². The van der Waals surface area contributed by atoms with Gasteiger partial charge in [-0.2, -0.15) is 0 Å². The number of halogens is 1. The molecule has 0 radical (unpaired) electrons. The van der Waals surface area contributed by atoms with Gasteiger partial charge in [0.1, 0.15) is 0 Å². The van der Waals surface area contributed by atoms with Gasteiger partial charge in [0.25, 0.3) is 0 Å². The van der Waals surface area contributed by atoms with Crippen LogP contribution in [-0.4, -0.2) is 10.9 Å². The van der Waals surface area contributed by atoms with Gasteiger partial charge in [0.15, 0.2) is 5.12 Å². The lowest BCUT2D eigenvalue weighted by atomic mass is 10.2. The van der Waals surface area contributed by atoms with Crippen molar-refractivity contribution in [1.82, 2.24) is 0 Å². The Bertz CT molecular complexity index is 373. The summed E-state index contributed by atoms with van der Waals surface area (Å²) in [4.78, 5) is 10.6. The fourth-order valence-corrected chi connectivity index (χ4v) is 1.28. The predicted octanol–water partition coefficient (Wildman–Crippen LogP) is 2.97. The van der Waals surface area contributed by atoms with E-state index in [0.29, 0.717) is 10.8 Å². The Kier molecular flexibility index (Phi) is 4.58. The van der Waals surface area contributed by atoms with Gasteiger partial charge in [-0.15, -0.1) is 0 Å². The van der Waals surface area contributed by atoms with Crippen LogP contribution in [0, 0.1) is 11.8 Å². The number of hydrogen-bond acceptors (Lipinski definition) is 2. The molecule has 1 aromatic rings. The largest absolute Gasteiger partial charge is 0.288 e. The van der Waals surface area contributed by atoms with Gasteiger partial charge in [-0.3, -0.25) is 4.79 Å². The van der Waals surface area contributed by atoms with Crippen molar-refractivity contribution >= 4 is 28.5 Å². The van der Waals surface area contributed by atoms with Crippen molar-refractivity contribution in [2.24, 2.45) is 0 Å². The first-order valence-corrected chi connectivity index (χ1v) is 5.42. The minimum Gasteiger partial charge on any atom is -0.288 e. The Labute approximate surface area is 92.8 Å². The highest BCUT2D eigenvalue weighted by Gasteiger charge is 1.89. The molecule has 0 amide bonds. The molecule has 0 aliphatic rings. The van der Waals surface area contributed by atoms with Crippen molar-refractivity contribution < 1.29 is 4.79 Å². The average Bonchev–Trinajstić information content (AvgIpc) is 2.15. The highest BCUT2D eigenvalue weighted by molar-refractivity contribution is 8.13. The van der Waals surface area contributed by atoms with Gasteiger partial charge in [0.05, 0.1) is 5.75 Å². The Morgan fingerprint density at radius 2 is 2.07 bits per heavy atom. The van der Waals surface area contributed by atoms with Crippen molar-refractivity contribution in [3.8, 4) is 11.8 Å². The molecule has 3 heteroatoms. The van der Waals surface area contributed by atoms with Gasteiger partial charge >= 0.3 is 0 Å². The standard InChI is InChI=1S/C11H9ClOS/c1-9(13)14-8-2-3-10-4-6-11(12)7-5-10/h4-7H,8H2,1H3. The fourth-order valence-electron chi connectivity index (χ4n) is 0.809. The van der Waals surface area contributed by atoms with Crippen molar-refractivity contribution in [3.63, 3.8) is 0 Å². The molecule has 0 saturated carbocycles. The van der Waals surface area contributed by atoms with E-state index in [4.69, 9.17) is 11.6 Å². The maximum absolute atomic E-state index is 10.6. The third-order valence-electron chi connectivity index (χ3n) is 1.42. The number of benzene rings is 1. The smallest absolute Gasteiger partial charge is 0.186 e. The maximum atomic E-state index is 10.6. The second kappa shape index (κ2) is 5.74. The van der Waals surface area contributed by atoms with Crippen molar-refractivity contribution in [3.05, 3.63) is 34.9 Å². The highest BCUT2D eigenvalue weighted by atomic mass is 35.5. The zero-order valence-corrected chi connectivity index (χ0v) is 9.28. The Hall–Kier alpha value is -0.910. The zero-order chi connectivity index (χ0) is 10.4. The van der Waals surface area contributed by atoms with Gasteiger partial charge < -0.3 is 0 Å². The normalized spacial score (nSPS) is 9.00. The lowest BCUT2D eigenvalue weighted by Gasteiger charge is -1.89. The van der Waals surface area contributed by atoms with Gasteiger partial charge in [-0.25, -0.2) is 0 Å². The molecule has 0 aliphatic heterocycles. The number of hydrogen-bond donors (Lipinski definition) is 0. The van der Waals surface area contributed by atoms with Gasteiger partial charge in [0, 0.05) is 17.5 Å². The fraction of sp³-hybridized carbons (Fsp3) is 0.182. The topological polar surface area (TPSA) is 17.1 Å². The quantitative estimate of drug-likeness (QED) is 0.683. The highest BCUT2D eigenvalue weighted by Crippen LogP contribution is 2.08. The summed E-state index contributed by atoms with van der Waals surface area (Å²) in [6.07, 6.45) is 0. The number of carbonyl (C=O) groups excluding carboxylic acids is 1. The molecule has 0 aliphatic carbocycles. The van der Waals surface area contributed by atoms with Crippen LogP contribution in [0.2, 0.25) is 5.02 Å². The van der Waals surface area contributed by atoms with E-state index in [1.165, 1.54) is 18.7 Å². The molecule has 14 heavy (non-hydrogen) atoms. The van der Waals surface area contributed by atoms with E-state index >= 15 is 0 Å². The van der Waals surface area contributed by atoms with E-state index in [-0.39, 0.29) is 5.12 Å². The second-order valence-corrected chi connectivity index (χ2v) is 4.18. The van der Waals surface area contributed by atoms with E-state index < -0.39 is 0 Å². The minimum absolute atomic E-state index is 0.0930. The molecule has 0 aromatic heterocycles. The van der Waals surface area contributed by atoms with E-state index in [2.05, 4.69) is 11.8 Å². The van der Waals surface area contributed by atoms with E-state index in [0.717, 1.165) is 5.56 Å². The first-order valence-electron chi connectivity index (χ1n) is 4.06. The molecular formula is C11H9ClOS. The van der Waals surface area contributed by atoms with Gasteiger partial charge in [-0.1, -0.05) is 35.2 Å². The molecule has 0 fully saturated rings. The van der Waals surface area contributed by atoms with Crippen LogP contribution >= 0.6 is 23.4 Å². The molecule has 0 unspecified atom stereocenters.